The van der Waals surface area contributed by atoms with Crippen LogP contribution in [0.1, 0.15) is 0 Å². The van der Waals surface area contributed by atoms with Crippen LogP contribution in [0.15, 0.2) is 0 Å². The second-order valence-electron chi connectivity index (χ2n) is 2.31. The largest absolute Gasteiger partial charge is 0.534 e. The van der Waals surface area contributed by atoms with Gasteiger partial charge in [-0.3, -0.25) is 4.90 Å². The van der Waals surface area contributed by atoms with Gasteiger partial charge in [0.1, 0.15) is 0 Å². The van der Waals surface area contributed by atoms with Gasteiger partial charge in [-0.05, 0) is 0 Å². The van der Waals surface area contributed by atoms with Crippen LogP contribution >= 0.6 is 0 Å². The quantitative estimate of drug-likeness (QED) is 0.334. The number of hydrogen-bond acceptors (Lipinski definition) is 3. The highest BCUT2D eigenvalue weighted by atomic mass is 17.2. The number of ether oxygens (including phenoxy) is 1. The Kier molecular flexibility index (Phi) is 2.67. The van der Waals surface area contributed by atoms with Crippen LogP contribution in [-0.2, 0) is 9.25 Å². The van der Waals surface area contributed by atoms with Crippen molar-refractivity contribution >= 4 is 6.09 Å². The summed E-state index contributed by atoms with van der Waals surface area (Å²) in [5, 5.41) is 10.6. The first kappa shape index (κ1) is 8.29. The number of morpholine rings is 1. The van der Waals surface area contributed by atoms with E-state index in [0.717, 1.165) is 0 Å². The summed E-state index contributed by atoms with van der Waals surface area (Å²) in [5.74, 6) is 0. The lowest BCUT2D eigenvalue weighted by Crippen LogP contribution is -2.48. The molecule has 1 rings (SSSR count). The maximum absolute atomic E-state index is 10.8. The third-order valence-corrected chi connectivity index (χ3v) is 1.61. The van der Waals surface area contributed by atoms with Crippen LogP contribution in [0.4, 0.5) is 4.79 Å². The summed E-state index contributed by atoms with van der Waals surface area (Å²) < 4.78 is 6.14. The molecule has 0 spiro atoms. The topological polar surface area (TPSA) is 55.3 Å². The molecule has 0 atom stereocenters. The van der Waals surface area contributed by atoms with Crippen molar-refractivity contribution in [2.75, 3.05) is 33.4 Å². The van der Waals surface area contributed by atoms with Crippen LogP contribution in [0.25, 0.3) is 0 Å². The summed E-state index contributed by atoms with van der Waals surface area (Å²) in [6.07, 6.45) is -0.362. The number of amides is 1. The first-order valence-corrected chi connectivity index (χ1v) is 3.42. The molecule has 1 fully saturated rings. The lowest BCUT2D eigenvalue weighted by atomic mass is 10.4. The Morgan fingerprint density at radius 3 is 2.55 bits per heavy atom. The zero-order chi connectivity index (χ0) is 8.27. The monoisotopic (exact) mass is 161 g/mol. The summed E-state index contributed by atoms with van der Waals surface area (Å²) >= 11 is 0. The fourth-order valence-corrected chi connectivity index (χ4v) is 0.950. The Balaban J connectivity index is 2.33. The van der Waals surface area contributed by atoms with Crippen molar-refractivity contribution in [3.05, 3.63) is 0 Å². The number of carbonyl (C=O) groups excluding carboxylic acids is 1. The van der Waals surface area contributed by atoms with Gasteiger partial charge in [0.15, 0.2) is 13.2 Å². The highest BCUT2D eigenvalue weighted by Crippen LogP contribution is 2.01. The van der Waals surface area contributed by atoms with Crippen molar-refractivity contribution in [2.45, 2.75) is 0 Å². The first-order valence-electron chi connectivity index (χ1n) is 3.42. The summed E-state index contributed by atoms with van der Waals surface area (Å²) in [7, 11) is 1.33. The van der Waals surface area contributed by atoms with Crippen LogP contribution in [0, 0.1) is 0 Å². The first-order chi connectivity index (χ1) is 5.24. The van der Waals surface area contributed by atoms with E-state index in [9.17, 15) is 10.1 Å². The second kappa shape index (κ2) is 3.54. The molecule has 0 unspecified atom stereocenters. The van der Waals surface area contributed by atoms with Crippen molar-refractivity contribution in [1.82, 2.24) is 4.90 Å². The van der Waals surface area contributed by atoms with E-state index >= 15 is 0 Å². The molecule has 0 N–H and O–H groups in total. The smallest absolute Gasteiger partial charge is 0.410 e. The van der Waals surface area contributed by atoms with Gasteiger partial charge < -0.3 is 14.5 Å². The molecule has 0 aromatic heterocycles. The summed E-state index contributed by atoms with van der Waals surface area (Å²) in [4.78, 5) is 12.3. The molecular weight excluding hydrogens is 150 g/mol. The Morgan fingerprint density at radius 2 is 2.09 bits per heavy atom. The molecule has 1 aliphatic heterocycles. The van der Waals surface area contributed by atoms with Gasteiger partial charge >= 0.3 is 6.09 Å². The standard InChI is InChI=1S/C6H11NO4/c1-10-6(8)7-2-4-11(9)5-3-7/h2-5H2,1H3. The average Bonchev–Trinajstić information content (AvgIpc) is 2.05. The van der Waals surface area contributed by atoms with Crippen molar-refractivity contribution < 1.29 is 19.3 Å². The van der Waals surface area contributed by atoms with Gasteiger partial charge in [-0.2, -0.15) is 0 Å². The molecule has 1 heterocycles. The zero-order valence-corrected chi connectivity index (χ0v) is 6.41. The molecule has 0 aromatic carbocycles. The molecule has 0 bridgehead atoms. The summed E-state index contributed by atoms with van der Waals surface area (Å²) in [6.45, 7) is 1.46. The van der Waals surface area contributed by atoms with Crippen LogP contribution in [0.5, 0.6) is 0 Å². The number of carbonyl (C=O) groups is 1. The summed E-state index contributed by atoms with van der Waals surface area (Å²) in [6, 6.07) is 0. The Hall–Kier alpha value is -0.810. The zero-order valence-electron chi connectivity index (χ0n) is 6.41. The van der Waals surface area contributed by atoms with Crippen molar-refractivity contribution in [1.29, 1.82) is 0 Å². The molecule has 1 aliphatic rings. The van der Waals surface area contributed by atoms with Crippen LogP contribution < -0.4 is 5.26 Å². The highest BCUT2D eigenvalue weighted by Gasteiger charge is 2.21. The van der Waals surface area contributed by atoms with E-state index < -0.39 is 0 Å². The normalized spacial score (nSPS) is 20.0. The molecule has 1 amide bonds. The number of methoxy groups -OCH3 is 1. The second-order valence-corrected chi connectivity index (χ2v) is 2.31. The third kappa shape index (κ3) is 2.06. The van der Waals surface area contributed by atoms with Crippen LogP contribution in [0.2, 0.25) is 0 Å². The Bertz CT molecular complexity index is 142. The van der Waals surface area contributed by atoms with Crippen molar-refractivity contribution in [3.63, 3.8) is 0 Å². The van der Waals surface area contributed by atoms with E-state index in [1.165, 1.54) is 12.0 Å². The minimum absolute atomic E-state index is 0.301. The third-order valence-electron chi connectivity index (χ3n) is 1.61. The molecular formula is C6H11NO4. The molecule has 0 saturated carbocycles. The van der Waals surface area contributed by atoms with Gasteiger partial charge in [-0.15, -0.1) is 0 Å². The van der Waals surface area contributed by atoms with Crippen LogP contribution in [-0.4, -0.2) is 44.4 Å². The number of nitrogens with zero attached hydrogens (tertiary/aromatic N) is 1. The molecule has 0 aliphatic carbocycles. The number of hydrogen-bond donors (Lipinski definition) is 0. The van der Waals surface area contributed by atoms with E-state index in [1.807, 2.05) is 0 Å². The summed E-state index contributed by atoms with van der Waals surface area (Å²) in [5.41, 5.74) is 0. The van der Waals surface area contributed by atoms with E-state index in [4.69, 9.17) is 0 Å². The highest BCUT2D eigenvalue weighted by molar-refractivity contribution is 5.67. The van der Waals surface area contributed by atoms with Crippen LogP contribution in [0.3, 0.4) is 0 Å². The lowest BCUT2D eigenvalue weighted by Gasteiger charge is -2.31. The predicted molar refractivity (Wildman–Crippen MR) is 34.8 cm³/mol. The van der Waals surface area contributed by atoms with E-state index in [2.05, 4.69) is 4.74 Å². The van der Waals surface area contributed by atoms with Gasteiger partial charge in [-0.1, -0.05) is 0 Å². The molecule has 0 radical (unpaired) electrons. The fourth-order valence-electron chi connectivity index (χ4n) is 0.950. The molecule has 11 heavy (non-hydrogen) atoms. The van der Waals surface area contributed by atoms with E-state index in [0.29, 0.717) is 26.3 Å². The SMILES string of the molecule is COC(=O)N1CC[O+]([O-])CC1. The maximum Gasteiger partial charge on any atom is 0.410 e. The Labute approximate surface area is 64.7 Å². The maximum atomic E-state index is 10.8. The fraction of sp³-hybridized carbons (Fsp3) is 0.833. The van der Waals surface area contributed by atoms with E-state index in [1.54, 1.807) is 4.52 Å². The molecule has 1 saturated heterocycles. The molecule has 64 valence electrons. The minimum Gasteiger partial charge on any atom is -0.534 e. The van der Waals surface area contributed by atoms with Gasteiger partial charge in [0.25, 0.3) is 0 Å². The van der Waals surface area contributed by atoms with E-state index in [-0.39, 0.29) is 6.09 Å². The number of rotatable bonds is 0. The molecule has 5 heteroatoms. The molecule has 0 aromatic rings. The van der Waals surface area contributed by atoms with Crippen molar-refractivity contribution in [2.24, 2.45) is 0 Å². The lowest BCUT2D eigenvalue weighted by molar-refractivity contribution is -0.797. The Morgan fingerprint density at radius 1 is 1.55 bits per heavy atom. The van der Waals surface area contributed by atoms with Gasteiger partial charge in [-0.25, -0.2) is 4.79 Å². The van der Waals surface area contributed by atoms with Gasteiger partial charge in [0.05, 0.1) is 20.2 Å². The van der Waals surface area contributed by atoms with Gasteiger partial charge in [0, 0.05) is 0 Å². The average molecular weight is 161 g/mol. The van der Waals surface area contributed by atoms with Gasteiger partial charge in [0.2, 0.25) is 0 Å². The minimum atomic E-state index is -0.362. The van der Waals surface area contributed by atoms with Crippen molar-refractivity contribution in [3.8, 4) is 0 Å². The molecule has 5 nitrogen and oxygen atoms in total. The predicted octanol–water partition coefficient (Wildman–Crippen LogP) is -1.10.